The third kappa shape index (κ3) is 4.46. The van der Waals surface area contributed by atoms with E-state index in [1.165, 1.54) is 11.1 Å². The Morgan fingerprint density at radius 1 is 1.17 bits per heavy atom. The molecule has 0 heterocycles. The molecule has 1 aliphatic rings. The molecule has 1 aliphatic carbocycles. The number of carbonyl (C=O) groups excluding carboxylic acids is 1. The van der Waals surface area contributed by atoms with Gasteiger partial charge in [0, 0.05) is 19.4 Å². The lowest BCUT2D eigenvalue weighted by Crippen LogP contribution is -1.94. The fourth-order valence-corrected chi connectivity index (χ4v) is 2.16. The average Bonchev–Trinajstić information content (AvgIpc) is 2.81. The van der Waals surface area contributed by atoms with Crippen molar-refractivity contribution in [2.24, 2.45) is 0 Å². The van der Waals surface area contributed by atoms with Gasteiger partial charge >= 0.3 is 0 Å². The molecule has 0 unspecified atom stereocenters. The molecular formula is C16H20O2. The Labute approximate surface area is 109 Å². The minimum atomic E-state index is 0.390. The maximum Gasteiger partial charge on any atom is 0.137 e. The summed E-state index contributed by atoms with van der Waals surface area (Å²) >= 11 is 0. The molecule has 0 aliphatic heterocycles. The molecule has 0 radical (unpaired) electrons. The molecule has 0 saturated heterocycles. The van der Waals surface area contributed by atoms with Gasteiger partial charge in [0.1, 0.15) is 5.78 Å². The normalized spacial score (nSPS) is 17.6. The van der Waals surface area contributed by atoms with Crippen LogP contribution >= 0.6 is 0 Å². The van der Waals surface area contributed by atoms with E-state index in [9.17, 15) is 4.79 Å². The Hall–Kier alpha value is -1.41. The molecule has 0 N–H and O–H groups in total. The van der Waals surface area contributed by atoms with Crippen molar-refractivity contribution < 1.29 is 9.53 Å². The predicted molar refractivity (Wildman–Crippen MR) is 72.3 cm³/mol. The molecule has 2 nitrogen and oxygen atoms in total. The summed E-state index contributed by atoms with van der Waals surface area (Å²) < 4.78 is 5.61. The van der Waals surface area contributed by atoms with Crippen LogP contribution < -0.4 is 0 Å². The van der Waals surface area contributed by atoms with Crippen molar-refractivity contribution in [3.8, 4) is 0 Å². The molecule has 1 aromatic rings. The Kier molecular flexibility index (Phi) is 5.15. The van der Waals surface area contributed by atoms with Gasteiger partial charge in [0.05, 0.1) is 6.61 Å². The molecule has 1 saturated carbocycles. The van der Waals surface area contributed by atoms with E-state index in [1.807, 2.05) is 18.2 Å². The first-order valence-corrected chi connectivity index (χ1v) is 6.66. The molecule has 1 aromatic carbocycles. The van der Waals surface area contributed by atoms with Crippen molar-refractivity contribution in [2.45, 2.75) is 38.7 Å². The van der Waals surface area contributed by atoms with E-state index in [1.54, 1.807) is 0 Å². The van der Waals surface area contributed by atoms with E-state index in [2.05, 4.69) is 18.2 Å². The summed E-state index contributed by atoms with van der Waals surface area (Å²) in [7, 11) is 0. The number of ketones is 1. The minimum Gasteiger partial charge on any atom is -0.377 e. The van der Waals surface area contributed by atoms with Gasteiger partial charge in [-0.05, 0) is 24.8 Å². The van der Waals surface area contributed by atoms with Gasteiger partial charge in [-0.1, -0.05) is 42.0 Å². The Balaban J connectivity index is 1.55. The minimum absolute atomic E-state index is 0.390. The molecule has 0 amide bonds. The zero-order chi connectivity index (χ0) is 12.6. The second-order valence-corrected chi connectivity index (χ2v) is 4.76. The van der Waals surface area contributed by atoms with Gasteiger partial charge in [0.25, 0.3) is 0 Å². The van der Waals surface area contributed by atoms with Gasteiger partial charge in [-0.15, -0.1) is 0 Å². The molecule has 2 rings (SSSR count). The fourth-order valence-electron chi connectivity index (χ4n) is 2.16. The molecule has 0 bridgehead atoms. The maximum absolute atomic E-state index is 11.1. The number of allylic oxidation sites excluding steroid dienone is 2. The lowest BCUT2D eigenvalue weighted by molar-refractivity contribution is -0.117. The average molecular weight is 244 g/mol. The first-order valence-electron chi connectivity index (χ1n) is 6.66. The second kappa shape index (κ2) is 7.12. The lowest BCUT2D eigenvalue weighted by Gasteiger charge is -2.03. The zero-order valence-electron chi connectivity index (χ0n) is 10.7. The SMILES string of the molecule is O=C1CC/C(=C/CCCOCc2ccccc2)C1. The number of unbranched alkanes of at least 4 members (excludes halogenated alkanes) is 1. The highest BCUT2D eigenvalue weighted by Gasteiger charge is 2.14. The monoisotopic (exact) mass is 244 g/mol. The Morgan fingerprint density at radius 2 is 2.00 bits per heavy atom. The molecular weight excluding hydrogens is 224 g/mol. The molecule has 0 atom stereocenters. The number of rotatable bonds is 6. The number of hydrogen-bond acceptors (Lipinski definition) is 2. The quantitative estimate of drug-likeness (QED) is 0.564. The fraction of sp³-hybridized carbons (Fsp3) is 0.438. The summed E-state index contributed by atoms with van der Waals surface area (Å²) in [5.41, 5.74) is 2.54. The van der Waals surface area contributed by atoms with Crippen LogP contribution in [0.2, 0.25) is 0 Å². The highest BCUT2D eigenvalue weighted by Crippen LogP contribution is 2.21. The summed E-state index contributed by atoms with van der Waals surface area (Å²) in [5, 5.41) is 0. The summed E-state index contributed by atoms with van der Waals surface area (Å²) in [6.07, 6.45) is 6.68. The van der Waals surface area contributed by atoms with Gasteiger partial charge in [-0.2, -0.15) is 0 Å². The van der Waals surface area contributed by atoms with Crippen molar-refractivity contribution in [1.29, 1.82) is 0 Å². The van der Waals surface area contributed by atoms with E-state index < -0.39 is 0 Å². The third-order valence-electron chi connectivity index (χ3n) is 3.19. The topological polar surface area (TPSA) is 26.3 Å². The molecule has 0 aromatic heterocycles. The number of ether oxygens (including phenoxy) is 1. The van der Waals surface area contributed by atoms with Gasteiger partial charge in [-0.25, -0.2) is 0 Å². The van der Waals surface area contributed by atoms with E-state index in [-0.39, 0.29) is 0 Å². The van der Waals surface area contributed by atoms with Crippen molar-refractivity contribution in [3.63, 3.8) is 0 Å². The van der Waals surface area contributed by atoms with Crippen LogP contribution in [0.25, 0.3) is 0 Å². The third-order valence-corrected chi connectivity index (χ3v) is 3.19. The van der Waals surface area contributed by atoms with Crippen LogP contribution in [0.4, 0.5) is 0 Å². The summed E-state index contributed by atoms with van der Waals surface area (Å²) in [5.74, 6) is 0.390. The Bertz CT molecular complexity index is 406. The van der Waals surface area contributed by atoms with Crippen molar-refractivity contribution >= 4 is 5.78 Å². The second-order valence-electron chi connectivity index (χ2n) is 4.76. The van der Waals surface area contributed by atoms with Crippen LogP contribution in [0, 0.1) is 0 Å². The van der Waals surface area contributed by atoms with Crippen LogP contribution in [0.1, 0.15) is 37.7 Å². The zero-order valence-corrected chi connectivity index (χ0v) is 10.7. The summed E-state index contributed by atoms with van der Waals surface area (Å²) in [6, 6.07) is 10.2. The van der Waals surface area contributed by atoms with Crippen LogP contribution in [0.15, 0.2) is 42.0 Å². The predicted octanol–water partition coefficient (Wildman–Crippen LogP) is 3.66. The first-order chi connectivity index (χ1) is 8.84. The van der Waals surface area contributed by atoms with E-state index in [4.69, 9.17) is 4.74 Å². The lowest BCUT2D eigenvalue weighted by atomic mass is 10.1. The van der Waals surface area contributed by atoms with Crippen molar-refractivity contribution in [1.82, 2.24) is 0 Å². The number of hydrogen-bond donors (Lipinski definition) is 0. The van der Waals surface area contributed by atoms with Gasteiger partial charge < -0.3 is 4.74 Å². The highest BCUT2D eigenvalue weighted by molar-refractivity contribution is 5.84. The number of Topliss-reactive ketones (excluding diaryl/α,β-unsaturated/α-hetero) is 1. The first kappa shape index (κ1) is 13.0. The van der Waals surface area contributed by atoms with Crippen LogP contribution in [-0.4, -0.2) is 12.4 Å². The van der Waals surface area contributed by atoms with Gasteiger partial charge in [0.15, 0.2) is 0 Å². The summed E-state index contributed by atoms with van der Waals surface area (Å²) in [4.78, 5) is 11.1. The smallest absolute Gasteiger partial charge is 0.137 e. The van der Waals surface area contributed by atoms with Crippen molar-refractivity contribution in [2.75, 3.05) is 6.61 Å². The van der Waals surface area contributed by atoms with Crippen LogP contribution in [0.3, 0.4) is 0 Å². The molecule has 0 spiro atoms. The molecule has 18 heavy (non-hydrogen) atoms. The molecule has 96 valence electrons. The standard InChI is InChI=1S/C16H20O2/c17-16-10-9-14(12-16)6-4-5-11-18-13-15-7-2-1-3-8-15/h1-3,6-8H,4-5,9-13H2/b14-6-. The van der Waals surface area contributed by atoms with E-state index >= 15 is 0 Å². The molecule has 2 heteroatoms. The highest BCUT2D eigenvalue weighted by atomic mass is 16.5. The largest absolute Gasteiger partial charge is 0.377 e. The maximum atomic E-state index is 11.1. The van der Waals surface area contributed by atoms with Crippen LogP contribution in [-0.2, 0) is 16.1 Å². The van der Waals surface area contributed by atoms with Crippen LogP contribution in [0.5, 0.6) is 0 Å². The van der Waals surface area contributed by atoms with E-state index in [0.717, 1.165) is 32.3 Å². The van der Waals surface area contributed by atoms with Gasteiger partial charge in [0.2, 0.25) is 0 Å². The summed E-state index contributed by atoms with van der Waals surface area (Å²) in [6.45, 7) is 1.47. The molecule has 1 fully saturated rings. The van der Waals surface area contributed by atoms with Crippen molar-refractivity contribution in [3.05, 3.63) is 47.5 Å². The van der Waals surface area contributed by atoms with E-state index in [0.29, 0.717) is 18.8 Å². The number of benzene rings is 1. The van der Waals surface area contributed by atoms with Gasteiger partial charge in [-0.3, -0.25) is 4.79 Å². The number of carbonyl (C=O) groups is 1. The Morgan fingerprint density at radius 3 is 2.72 bits per heavy atom.